The number of rotatable bonds is 4. The van der Waals surface area contributed by atoms with Crippen LogP contribution in [0.5, 0.6) is 0 Å². The van der Waals surface area contributed by atoms with Gasteiger partial charge in [-0.2, -0.15) is 0 Å². The first kappa shape index (κ1) is 15.2. The Morgan fingerprint density at radius 3 is 2.24 bits per heavy atom. The number of benzene rings is 1. The van der Waals surface area contributed by atoms with E-state index in [1.54, 1.807) is 6.26 Å². The van der Waals surface area contributed by atoms with Gasteiger partial charge in [-0.25, -0.2) is 0 Å². The zero-order chi connectivity index (χ0) is 13.2. The number of hydrogen-bond acceptors (Lipinski definition) is 2. The van der Waals surface area contributed by atoms with Gasteiger partial charge in [0, 0.05) is 0 Å². The maximum atomic E-state index is 11.8. The van der Waals surface area contributed by atoms with E-state index in [-0.39, 0.29) is 0 Å². The summed E-state index contributed by atoms with van der Waals surface area (Å²) < 4.78 is 13.3. The summed E-state index contributed by atoms with van der Waals surface area (Å²) in [4.78, 5) is 10.3. The Morgan fingerprint density at radius 2 is 1.82 bits per heavy atom. The van der Waals surface area contributed by atoms with Crippen molar-refractivity contribution in [2.75, 3.05) is 20.4 Å². The molecule has 0 N–H and O–H groups in total. The van der Waals surface area contributed by atoms with Crippen LogP contribution < -0.4 is 3.58 Å². The van der Waals surface area contributed by atoms with Crippen molar-refractivity contribution >= 4 is 32.8 Å². The molecule has 0 aliphatic carbocycles. The van der Waals surface area contributed by atoms with Crippen molar-refractivity contribution in [3.8, 4) is 0 Å². The van der Waals surface area contributed by atoms with E-state index in [0.29, 0.717) is 0 Å². The summed E-state index contributed by atoms with van der Waals surface area (Å²) in [5.41, 5.74) is 1.19. The molecule has 2 nitrogen and oxygen atoms in total. The van der Waals surface area contributed by atoms with E-state index in [1.165, 1.54) is 9.14 Å². The van der Waals surface area contributed by atoms with Crippen LogP contribution in [-0.4, -0.2) is 47.8 Å². The molecule has 0 aliphatic heterocycles. The Hall–Kier alpha value is 0.129. The summed E-state index contributed by atoms with van der Waals surface area (Å²) in [6.45, 7) is 0.856. The van der Waals surface area contributed by atoms with Crippen molar-refractivity contribution in [3.05, 3.63) is 23.8 Å². The molecule has 0 aliphatic rings. The molecule has 0 amide bonds. The van der Waals surface area contributed by atoms with Gasteiger partial charge in [0.25, 0.3) is 0 Å². The van der Waals surface area contributed by atoms with Crippen molar-refractivity contribution < 1.29 is 4.21 Å². The zero-order valence-electron chi connectivity index (χ0n) is 11.7. The number of nitrogens with zero attached hydrogens (tertiary/aromatic N) is 1. The van der Waals surface area contributed by atoms with Gasteiger partial charge < -0.3 is 0 Å². The van der Waals surface area contributed by atoms with Gasteiger partial charge in [-0.3, -0.25) is 0 Å². The second-order valence-corrected chi connectivity index (χ2v) is 21.6. The Labute approximate surface area is 112 Å². The average Bonchev–Trinajstić information content (AvgIpc) is 2.15. The molecule has 1 atom stereocenters. The third kappa shape index (κ3) is 4.37. The predicted octanol–water partition coefficient (Wildman–Crippen LogP) is 2.03. The molecular formula is C13H23NOSSn. The van der Waals surface area contributed by atoms with Gasteiger partial charge in [-0.1, -0.05) is 0 Å². The van der Waals surface area contributed by atoms with E-state index < -0.39 is 29.2 Å². The van der Waals surface area contributed by atoms with E-state index in [1.807, 2.05) is 14.1 Å². The summed E-state index contributed by atoms with van der Waals surface area (Å²) in [6.07, 6.45) is 1.77. The fourth-order valence-corrected chi connectivity index (χ4v) is 6.17. The first-order chi connectivity index (χ1) is 7.71. The molecular weight excluding hydrogens is 337 g/mol. The van der Waals surface area contributed by atoms with Gasteiger partial charge in [0.2, 0.25) is 0 Å². The van der Waals surface area contributed by atoms with Crippen LogP contribution in [0.4, 0.5) is 0 Å². The SMILES string of the molecule is CN(C)Cc1cc[c]([Sn]([CH3])([CH3])[CH3])cc1S(C)=O. The molecule has 0 radical (unpaired) electrons. The van der Waals surface area contributed by atoms with Crippen molar-refractivity contribution in [1.82, 2.24) is 4.90 Å². The standard InChI is InChI=1S/C10H14NOS.3CH3.Sn/c1-11(2)8-9-6-4-5-7-10(9)13(3)12;;;;/h4,6-7H,8H2,1-3H3;3*1H3;. The fraction of sp³-hybridized carbons (Fsp3) is 0.538. The minimum atomic E-state index is -2.05. The maximum absolute atomic E-state index is 11.8. The molecule has 1 aromatic carbocycles. The molecule has 4 heteroatoms. The molecule has 1 aromatic rings. The molecule has 0 saturated carbocycles. The minimum absolute atomic E-state index is 0.856. The van der Waals surface area contributed by atoms with Gasteiger partial charge in [0.05, 0.1) is 0 Å². The van der Waals surface area contributed by atoms with Crippen LogP contribution in [0.1, 0.15) is 5.56 Å². The van der Waals surface area contributed by atoms with Crippen LogP contribution in [0.3, 0.4) is 0 Å². The van der Waals surface area contributed by atoms with E-state index >= 15 is 0 Å². The van der Waals surface area contributed by atoms with Crippen LogP contribution in [0.15, 0.2) is 23.1 Å². The van der Waals surface area contributed by atoms with Crippen LogP contribution >= 0.6 is 0 Å². The first-order valence-corrected chi connectivity index (χ1v) is 17.4. The molecule has 0 fully saturated rings. The molecule has 0 aromatic heterocycles. The predicted molar refractivity (Wildman–Crippen MR) is 79.1 cm³/mol. The summed E-state index contributed by atoms with van der Waals surface area (Å²) in [6, 6.07) is 6.59. The Morgan fingerprint density at radius 1 is 1.24 bits per heavy atom. The second kappa shape index (κ2) is 5.85. The average molecular weight is 360 g/mol. The summed E-state index contributed by atoms with van der Waals surface area (Å²) >= 11 is -2.05. The molecule has 0 saturated heterocycles. The van der Waals surface area contributed by atoms with Crippen LogP contribution in [-0.2, 0) is 17.3 Å². The summed E-state index contributed by atoms with van der Waals surface area (Å²) in [7, 11) is 3.19. The Bertz CT molecular complexity index is 424. The summed E-state index contributed by atoms with van der Waals surface area (Å²) in [5, 5.41) is 0. The van der Waals surface area contributed by atoms with Gasteiger partial charge in [-0.05, 0) is 0 Å². The van der Waals surface area contributed by atoms with Crippen molar-refractivity contribution in [2.24, 2.45) is 0 Å². The Balaban J connectivity index is 3.22. The van der Waals surface area contributed by atoms with E-state index in [4.69, 9.17) is 0 Å². The van der Waals surface area contributed by atoms with E-state index in [9.17, 15) is 4.21 Å². The van der Waals surface area contributed by atoms with Crippen LogP contribution in [0.25, 0.3) is 0 Å². The topological polar surface area (TPSA) is 20.3 Å². The molecule has 0 bridgehead atoms. The molecule has 17 heavy (non-hydrogen) atoms. The van der Waals surface area contributed by atoms with Crippen molar-refractivity contribution in [2.45, 2.75) is 26.3 Å². The zero-order valence-corrected chi connectivity index (χ0v) is 15.4. The third-order valence-electron chi connectivity index (χ3n) is 2.73. The quantitative estimate of drug-likeness (QED) is 0.766. The third-order valence-corrected chi connectivity index (χ3v) is 9.56. The van der Waals surface area contributed by atoms with E-state index in [2.05, 4.69) is 37.9 Å². The van der Waals surface area contributed by atoms with Crippen molar-refractivity contribution in [3.63, 3.8) is 0 Å². The molecule has 1 rings (SSSR count). The molecule has 0 spiro atoms. The van der Waals surface area contributed by atoms with Gasteiger partial charge in [0.1, 0.15) is 0 Å². The fourth-order valence-electron chi connectivity index (χ4n) is 1.76. The summed E-state index contributed by atoms with van der Waals surface area (Å²) in [5.74, 6) is 0. The van der Waals surface area contributed by atoms with Gasteiger partial charge in [-0.15, -0.1) is 0 Å². The second-order valence-electron chi connectivity index (χ2n) is 5.76. The first-order valence-electron chi connectivity index (χ1n) is 5.83. The van der Waals surface area contributed by atoms with Gasteiger partial charge >= 0.3 is 112 Å². The Kier molecular flexibility index (Phi) is 5.22. The van der Waals surface area contributed by atoms with Gasteiger partial charge in [0.15, 0.2) is 0 Å². The number of hydrogen-bond donors (Lipinski definition) is 0. The molecule has 0 heterocycles. The van der Waals surface area contributed by atoms with E-state index in [0.717, 1.165) is 11.4 Å². The van der Waals surface area contributed by atoms with Crippen LogP contribution in [0.2, 0.25) is 14.8 Å². The molecule has 96 valence electrons. The van der Waals surface area contributed by atoms with Crippen LogP contribution in [0, 0.1) is 0 Å². The normalized spacial score (nSPS) is 14.1. The molecule has 1 unspecified atom stereocenters. The monoisotopic (exact) mass is 361 g/mol. The van der Waals surface area contributed by atoms with Crippen molar-refractivity contribution in [1.29, 1.82) is 0 Å².